The van der Waals surface area contributed by atoms with E-state index in [0.717, 1.165) is 11.3 Å². The molecule has 8 nitrogen and oxygen atoms in total. The van der Waals surface area contributed by atoms with E-state index in [1.165, 1.54) is 6.33 Å². The van der Waals surface area contributed by atoms with Crippen molar-refractivity contribution in [3.8, 4) is 17.1 Å². The molecule has 2 heterocycles. The molecule has 2 aromatic heterocycles. The van der Waals surface area contributed by atoms with Crippen LogP contribution in [0.4, 0.5) is 11.4 Å². The maximum atomic E-state index is 12.1. The van der Waals surface area contributed by atoms with E-state index in [-0.39, 0.29) is 5.91 Å². The van der Waals surface area contributed by atoms with Crippen molar-refractivity contribution in [1.29, 1.82) is 0 Å². The van der Waals surface area contributed by atoms with Crippen molar-refractivity contribution in [2.75, 3.05) is 19.5 Å². The fourth-order valence-electron chi connectivity index (χ4n) is 2.50. The third kappa shape index (κ3) is 3.27. The standard InChI is InChI=1S/C17H18N6O2/c1-10-7-14(12(8-19-10)17(24)18-2)22-13-6-4-5-11(15(13)25-3)16-20-9-21-23-16/h4-9H,1-3H3,(H,18,24)(H,19,22)(H,20,21,23). The zero-order valence-corrected chi connectivity index (χ0v) is 14.1. The number of methoxy groups -OCH3 is 1. The average molecular weight is 338 g/mol. The number of carbonyl (C=O) groups excluding carboxylic acids is 1. The van der Waals surface area contributed by atoms with Crippen molar-refractivity contribution in [2.45, 2.75) is 6.92 Å². The topological polar surface area (TPSA) is 105 Å². The minimum absolute atomic E-state index is 0.222. The van der Waals surface area contributed by atoms with Crippen LogP contribution < -0.4 is 15.4 Å². The molecule has 8 heteroatoms. The molecule has 0 fully saturated rings. The summed E-state index contributed by atoms with van der Waals surface area (Å²) >= 11 is 0. The molecule has 0 saturated carbocycles. The summed E-state index contributed by atoms with van der Waals surface area (Å²) in [6.45, 7) is 1.86. The molecule has 25 heavy (non-hydrogen) atoms. The van der Waals surface area contributed by atoms with Crippen molar-refractivity contribution >= 4 is 17.3 Å². The number of para-hydroxylation sites is 1. The Morgan fingerprint density at radius 2 is 2.12 bits per heavy atom. The van der Waals surface area contributed by atoms with Gasteiger partial charge in [0.05, 0.1) is 29.6 Å². The minimum atomic E-state index is -0.222. The van der Waals surface area contributed by atoms with Gasteiger partial charge in [-0.2, -0.15) is 0 Å². The van der Waals surface area contributed by atoms with E-state index in [1.54, 1.807) is 20.4 Å². The number of aryl methyl sites for hydroxylation is 1. The predicted octanol–water partition coefficient (Wildman–Crippen LogP) is 2.29. The second-order valence-corrected chi connectivity index (χ2v) is 5.30. The van der Waals surface area contributed by atoms with Gasteiger partial charge in [0, 0.05) is 18.9 Å². The molecule has 128 valence electrons. The first-order valence-corrected chi connectivity index (χ1v) is 7.63. The van der Waals surface area contributed by atoms with Crippen molar-refractivity contribution in [2.24, 2.45) is 0 Å². The number of nitrogens with zero attached hydrogens (tertiary/aromatic N) is 3. The van der Waals surface area contributed by atoms with Crippen LogP contribution in [0.15, 0.2) is 36.8 Å². The van der Waals surface area contributed by atoms with Crippen LogP contribution in [-0.4, -0.2) is 40.2 Å². The van der Waals surface area contributed by atoms with E-state index in [0.29, 0.717) is 28.5 Å². The summed E-state index contributed by atoms with van der Waals surface area (Å²) < 4.78 is 5.56. The van der Waals surface area contributed by atoms with Gasteiger partial charge in [-0.3, -0.25) is 9.78 Å². The van der Waals surface area contributed by atoms with Crippen LogP contribution in [-0.2, 0) is 0 Å². The molecular formula is C17H18N6O2. The highest BCUT2D eigenvalue weighted by atomic mass is 16.5. The number of ether oxygens (including phenoxy) is 1. The number of pyridine rings is 1. The minimum Gasteiger partial charge on any atom is -0.494 e. The fourth-order valence-corrected chi connectivity index (χ4v) is 2.50. The summed E-state index contributed by atoms with van der Waals surface area (Å²) in [5.74, 6) is 0.967. The van der Waals surface area contributed by atoms with Crippen molar-refractivity contribution in [3.63, 3.8) is 0 Å². The van der Waals surface area contributed by atoms with Crippen LogP contribution in [0, 0.1) is 6.92 Å². The Bertz CT molecular complexity index is 892. The molecule has 0 aliphatic heterocycles. The molecule has 1 amide bonds. The van der Waals surface area contributed by atoms with Crippen LogP contribution in [0.1, 0.15) is 16.1 Å². The van der Waals surface area contributed by atoms with Gasteiger partial charge in [0.1, 0.15) is 6.33 Å². The van der Waals surface area contributed by atoms with Gasteiger partial charge in [-0.1, -0.05) is 6.07 Å². The average Bonchev–Trinajstić information content (AvgIpc) is 3.15. The molecule has 3 aromatic rings. The second-order valence-electron chi connectivity index (χ2n) is 5.30. The highest BCUT2D eigenvalue weighted by Crippen LogP contribution is 2.36. The summed E-state index contributed by atoms with van der Waals surface area (Å²) in [4.78, 5) is 19.3. The van der Waals surface area contributed by atoms with E-state index < -0.39 is 0 Å². The number of carbonyl (C=O) groups is 1. The number of aromatic nitrogens is 4. The van der Waals surface area contributed by atoms with E-state index >= 15 is 0 Å². The Balaban J connectivity index is 2.06. The van der Waals surface area contributed by atoms with E-state index in [1.807, 2.05) is 31.2 Å². The lowest BCUT2D eigenvalue weighted by atomic mass is 10.1. The normalized spacial score (nSPS) is 10.4. The Labute approximate surface area is 144 Å². The second kappa shape index (κ2) is 7.00. The molecule has 0 spiro atoms. The zero-order chi connectivity index (χ0) is 17.8. The lowest BCUT2D eigenvalue weighted by Gasteiger charge is -2.16. The van der Waals surface area contributed by atoms with Crippen LogP contribution in [0.5, 0.6) is 5.75 Å². The number of nitrogens with one attached hydrogen (secondary N) is 3. The number of hydrogen-bond donors (Lipinski definition) is 3. The molecule has 0 bridgehead atoms. The van der Waals surface area contributed by atoms with Gasteiger partial charge in [-0.15, -0.1) is 10.2 Å². The molecule has 0 radical (unpaired) electrons. The highest BCUT2D eigenvalue weighted by molar-refractivity contribution is 6.00. The summed E-state index contributed by atoms with van der Waals surface area (Å²) in [7, 11) is 3.16. The molecule has 3 rings (SSSR count). The monoisotopic (exact) mass is 338 g/mol. The maximum Gasteiger partial charge on any atom is 0.254 e. The number of rotatable bonds is 5. The van der Waals surface area contributed by atoms with Crippen molar-refractivity contribution < 1.29 is 9.53 Å². The summed E-state index contributed by atoms with van der Waals surface area (Å²) in [6, 6.07) is 7.42. The summed E-state index contributed by atoms with van der Waals surface area (Å²) in [6.07, 6.45) is 3.05. The van der Waals surface area contributed by atoms with Gasteiger partial charge < -0.3 is 20.4 Å². The molecular weight excluding hydrogens is 320 g/mol. The van der Waals surface area contributed by atoms with Gasteiger partial charge in [-0.25, -0.2) is 0 Å². The smallest absolute Gasteiger partial charge is 0.254 e. The Kier molecular flexibility index (Phi) is 4.60. The molecule has 0 unspecified atom stereocenters. The van der Waals surface area contributed by atoms with E-state index in [2.05, 4.69) is 30.8 Å². The Morgan fingerprint density at radius 1 is 1.28 bits per heavy atom. The zero-order valence-electron chi connectivity index (χ0n) is 14.1. The van der Waals surface area contributed by atoms with Gasteiger partial charge in [0.2, 0.25) is 0 Å². The summed E-state index contributed by atoms with van der Waals surface area (Å²) in [5, 5.41) is 13.7. The molecule has 0 atom stereocenters. The molecule has 1 aromatic carbocycles. The van der Waals surface area contributed by atoms with Crippen LogP contribution in [0.2, 0.25) is 0 Å². The summed E-state index contributed by atoms with van der Waals surface area (Å²) in [5.41, 5.74) is 3.34. The van der Waals surface area contributed by atoms with Crippen LogP contribution in [0.25, 0.3) is 11.4 Å². The lowest BCUT2D eigenvalue weighted by Crippen LogP contribution is -2.19. The highest BCUT2D eigenvalue weighted by Gasteiger charge is 2.16. The van der Waals surface area contributed by atoms with Crippen molar-refractivity contribution in [3.05, 3.63) is 48.0 Å². The molecule has 3 N–H and O–H groups in total. The maximum absolute atomic E-state index is 12.1. The third-order valence-corrected chi connectivity index (χ3v) is 3.67. The predicted molar refractivity (Wildman–Crippen MR) is 94.0 cm³/mol. The number of aromatic amines is 1. The Morgan fingerprint density at radius 3 is 2.80 bits per heavy atom. The number of hydrogen-bond acceptors (Lipinski definition) is 6. The van der Waals surface area contributed by atoms with Gasteiger partial charge >= 0.3 is 0 Å². The first kappa shape index (κ1) is 16.4. The van der Waals surface area contributed by atoms with Crippen LogP contribution >= 0.6 is 0 Å². The Hall–Kier alpha value is -3.42. The molecule has 0 aliphatic rings. The number of anilines is 2. The van der Waals surface area contributed by atoms with Gasteiger partial charge in [0.25, 0.3) is 5.91 Å². The number of amides is 1. The van der Waals surface area contributed by atoms with Crippen LogP contribution in [0.3, 0.4) is 0 Å². The molecule has 0 saturated heterocycles. The van der Waals surface area contributed by atoms with Crippen molar-refractivity contribution in [1.82, 2.24) is 25.5 Å². The van der Waals surface area contributed by atoms with Gasteiger partial charge in [0.15, 0.2) is 11.6 Å². The third-order valence-electron chi connectivity index (χ3n) is 3.67. The first-order valence-electron chi connectivity index (χ1n) is 7.63. The largest absolute Gasteiger partial charge is 0.494 e. The number of H-pyrrole nitrogens is 1. The quantitative estimate of drug-likeness (QED) is 0.659. The lowest BCUT2D eigenvalue weighted by molar-refractivity contribution is 0.0963. The molecule has 0 aliphatic carbocycles. The number of benzene rings is 1. The fraction of sp³-hybridized carbons (Fsp3) is 0.176. The van der Waals surface area contributed by atoms with Gasteiger partial charge in [-0.05, 0) is 25.1 Å². The van der Waals surface area contributed by atoms with E-state index in [9.17, 15) is 4.79 Å². The van der Waals surface area contributed by atoms with E-state index in [4.69, 9.17) is 4.74 Å². The SMILES string of the molecule is CNC(=O)c1cnc(C)cc1Nc1cccc(-c2nnc[nH]2)c1OC. The first-order chi connectivity index (χ1) is 12.1.